The molecule has 0 saturated heterocycles. The van der Waals surface area contributed by atoms with Gasteiger partial charge in [-0.05, 0) is 28.8 Å². The van der Waals surface area contributed by atoms with E-state index in [1.54, 1.807) is 0 Å². The van der Waals surface area contributed by atoms with E-state index in [0.29, 0.717) is 5.92 Å². The summed E-state index contributed by atoms with van der Waals surface area (Å²) < 4.78 is 1.14. The van der Waals surface area contributed by atoms with Crippen molar-refractivity contribution in [2.75, 3.05) is 0 Å². The van der Waals surface area contributed by atoms with Gasteiger partial charge in [0, 0.05) is 11.5 Å². The smallest absolute Gasteiger partial charge is 0.107 e. The second kappa shape index (κ2) is 4.06. The second-order valence-corrected chi connectivity index (χ2v) is 5.09. The van der Waals surface area contributed by atoms with Gasteiger partial charge in [0.25, 0.3) is 0 Å². The first-order valence-corrected chi connectivity index (χ1v) is 6.45. The highest BCUT2D eigenvalue weighted by molar-refractivity contribution is 9.10. The number of hydrogen-bond acceptors (Lipinski definition) is 1. The van der Waals surface area contributed by atoms with Crippen molar-refractivity contribution >= 4 is 15.9 Å². The quantitative estimate of drug-likeness (QED) is 0.879. The summed E-state index contributed by atoms with van der Waals surface area (Å²) in [6, 6.07) is 10.3. The Labute approximate surface area is 103 Å². The van der Waals surface area contributed by atoms with E-state index in [1.165, 1.54) is 25.0 Å². The summed E-state index contributed by atoms with van der Waals surface area (Å²) in [5.74, 6) is 0.680. The zero-order valence-corrected chi connectivity index (χ0v) is 10.5. The van der Waals surface area contributed by atoms with Crippen LogP contribution in [0.4, 0.5) is 0 Å². The molecular weight excluding hydrogens is 264 g/mol. The van der Waals surface area contributed by atoms with E-state index in [9.17, 15) is 0 Å². The molecule has 0 spiro atoms. The first-order chi connectivity index (χ1) is 7.86. The highest BCUT2D eigenvalue weighted by Crippen LogP contribution is 2.41. The lowest BCUT2D eigenvalue weighted by Crippen LogP contribution is -2.09. The minimum Gasteiger partial charge on any atom is -0.280 e. The molecule has 0 unspecified atom stereocenters. The summed E-state index contributed by atoms with van der Waals surface area (Å²) in [5, 5.41) is 7.59. The van der Waals surface area contributed by atoms with E-state index < -0.39 is 0 Å². The SMILES string of the molecule is Brc1c(-c2ccccc2)n[nH]c1C1CCC1. The number of aromatic nitrogens is 2. The molecule has 2 aromatic rings. The van der Waals surface area contributed by atoms with Crippen molar-refractivity contribution in [3.05, 3.63) is 40.5 Å². The molecule has 1 fully saturated rings. The van der Waals surface area contributed by atoms with Gasteiger partial charge in [0.15, 0.2) is 0 Å². The van der Waals surface area contributed by atoms with Crippen molar-refractivity contribution in [3.8, 4) is 11.3 Å². The maximum atomic E-state index is 4.42. The number of benzene rings is 1. The van der Waals surface area contributed by atoms with Crippen LogP contribution in [0.1, 0.15) is 30.9 Å². The third-order valence-electron chi connectivity index (χ3n) is 3.29. The second-order valence-electron chi connectivity index (χ2n) is 4.29. The van der Waals surface area contributed by atoms with E-state index in [4.69, 9.17) is 0 Å². The number of rotatable bonds is 2. The van der Waals surface area contributed by atoms with Gasteiger partial charge in [-0.2, -0.15) is 5.10 Å². The van der Waals surface area contributed by atoms with E-state index in [1.807, 2.05) is 18.2 Å². The molecule has 0 aliphatic heterocycles. The summed E-state index contributed by atoms with van der Waals surface area (Å²) in [6.45, 7) is 0. The lowest BCUT2D eigenvalue weighted by molar-refractivity contribution is 0.409. The Hall–Kier alpha value is -1.09. The van der Waals surface area contributed by atoms with Crippen molar-refractivity contribution in [3.63, 3.8) is 0 Å². The molecule has 3 rings (SSSR count). The first-order valence-electron chi connectivity index (χ1n) is 5.65. The minimum absolute atomic E-state index is 0.680. The number of nitrogens with one attached hydrogen (secondary N) is 1. The molecule has 3 heteroatoms. The van der Waals surface area contributed by atoms with E-state index in [0.717, 1.165) is 15.7 Å². The Kier molecular flexibility index (Phi) is 2.56. The van der Waals surface area contributed by atoms with Crippen LogP contribution in [0.3, 0.4) is 0 Å². The maximum Gasteiger partial charge on any atom is 0.107 e. The predicted octanol–water partition coefficient (Wildman–Crippen LogP) is 4.11. The zero-order valence-electron chi connectivity index (χ0n) is 8.91. The molecule has 0 bridgehead atoms. The minimum atomic E-state index is 0.680. The van der Waals surface area contributed by atoms with Crippen LogP contribution in [-0.4, -0.2) is 10.2 Å². The fourth-order valence-corrected chi connectivity index (χ4v) is 2.83. The van der Waals surface area contributed by atoms with Crippen molar-refractivity contribution in [2.24, 2.45) is 0 Å². The monoisotopic (exact) mass is 276 g/mol. The van der Waals surface area contributed by atoms with E-state index in [-0.39, 0.29) is 0 Å². The number of nitrogens with zero attached hydrogens (tertiary/aromatic N) is 1. The normalized spacial score (nSPS) is 16.1. The standard InChI is InChI=1S/C13H13BrN2/c14-11-12(9-5-2-1-3-6-9)15-16-13(11)10-7-4-8-10/h1-3,5-6,10H,4,7-8H2,(H,15,16). The number of halogens is 1. The summed E-state index contributed by atoms with van der Waals surface area (Å²) in [5.41, 5.74) is 3.46. The molecule has 0 atom stereocenters. The first kappa shape index (κ1) is 10.1. The molecule has 1 saturated carbocycles. The van der Waals surface area contributed by atoms with Crippen LogP contribution < -0.4 is 0 Å². The van der Waals surface area contributed by atoms with E-state index >= 15 is 0 Å². The molecule has 1 aromatic carbocycles. The van der Waals surface area contributed by atoms with Crippen LogP contribution in [-0.2, 0) is 0 Å². The summed E-state index contributed by atoms with van der Waals surface area (Å²) in [4.78, 5) is 0. The number of hydrogen-bond donors (Lipinski definition) is 1. The molecule has 1 aliphatic carbocycles. The molecule has 1 aromatic heterocycles. The lowest BCUT2D eigenvalue weighted by atomic mass is 9.83. The van der Waals surface area contributed by atoms with Gasteiger partial charge in [0.2, 0.25) is 0 Å². The van der Waals surface area contributed by atoms with Gasteiger partial charge < -0.3 is 0 Å². The molecule has 1 heterocycles. The molecular formula is C13H13BrN2. The van der Waals surface area contributed by atoms with E-state index in [2.05, 4.69) is 38.3 Å². The lowest BCUT2D eigenvalue weighted by Gasteiger charge is -2.24. The molecule has 82 valence electrons. The Morgan fingerprint density at radius 3 is 2.56 bits per heavy atom. The summed E-state index contributed by atoms with van der Waals surface area (Å²) in [7, 11) is 0. The molecule has 16 heavy (non-hydrogen) atoms. The zero-order chi connectivity index (χ0) is 11.0. The molecule has 1 N–H and O–H groups in total. The van der Waals surface area contributed by atoms with Gasteiger partial charge in [-0.25, -0.2) is 0 Å². The summed E-state index contributed by atoms with van der Waals surface area (Å²) in [6.07, 6.45) is 3.92. The number of aromatic amines is 1. The fraction of sp³-hybridized carbons (Fsp3) is 0.308. The third kappa shape index (κ3) is 1.59. The van der Waals surface area contributed by atoms with Gasteiger partial charge in [-0.1, -0.05) is 36.8 Å². The van der Waals surface area contributed by atoms with Crippen LogP contribution in [0, 0.1) is 0 Å². The Morgan fingerprint density at radius 2 is 1.94 bits per heavy atom. The van der Waals surface area contributed by atoms with Gasteiger partial charge in [0.1, 0.15) is 5.69 Å². The molecule has 1 aliphatic rings. The van der Waals surface area contributed by atoms with Gasteiger partial charge in [-0.3, -0.25) is 5.10 Å². The highest BCUT2D eigenvalue weighted by atomic mass is 79.9. The van der Waals surface area contributed by atoms with Crippen molar-refractivity contribution in [1.82, 2.24) is 10.2 Å². The van der Waals surface area contributed by atoms with Crippen LogP contribution in [0.2, 0.25) is 0 Å². The van der Waals surface area contributed by atoms with Gasteiger partial charge in [-0.15, -0.1) is 0 Å². The van der Waals surface area contributed by atoms with Gasteiger partial charge >= 0.3 is 0 Å². The fourth-order valence-electron chi connectivity index (χ4n) is 2.10. The van der Waals surface area contributed by atoms with Crippen LogP contribution in [0.5, 0.6) is 0 Å². The Balaban J connectivity index is 2.00. The van der Waals surface area contributed by atoms with Crippen molar-refractivity contribution < 1.29 is 0 Å². The van der Waals surface area contributed by atoms with Crippen LogP contribution in [0.25, 0.3) is 11.3 Å². The average Bonchev–Trinajstić information content (AvgIpc) is 2.60. The Bertz CT molecular complexity index is 486. The molecule has 0 radical (unpaired) electrons. The predicted molar refractivity (Wildman–Crippen MR) is 68.3 cm³/mol. The van der Waals surface area contributed by atoms with Crippen molar-refractivity contribution in [2.45, 2.75) is 25.2 Å². The molecule has 0 amide bonds. The third-order valence-corrected chi connectivity index (χ3v) is 4.10. The van der Waals surface area contributed by atoms with Crippen LogP contribution >= 0.6 is 15.9 Å². The largest absolute Gasteiger partial charge is 0.280 e. The summed E-state index contributed by atoms with van der Waals surface area (Å²) >= 11 is 3.67. The molecule has 2 nitrogen and oxygen atoms in total. The van der Waals surface area contributed by atoms with Gasteiger partial charge in [0.05, 0.1) is 10.2 Å². The number of H-pyrrole nitrogens is 1. The average molecular weight is 277 g/mol. The topological polar surface area (TPSA) is 28.7 Å². The highest BCUT2D eigenvalue weighted by Gasteiger charge is 2.25. The Morgan fingerprint density at radius 1 is 1.19 bits per heavy atom. The van der Waals surface area contributed by atoms with Crippen LogP contribution in [0.15, 0.2) is 34.8 Å². The maximum absolute atomic E-state index is 4.42. The van der Waals surface area contributed by atoms with Crippen molar-refractivity contribution in [1.29, 1.82) is 0 Å².